The van der Waals surface area contributed by atoms with Gasteiger partial charge in [0.05, 0.1) is 26.5 Å². The lowest BCUT2D eigenvalue weighted by atomic mass is 10.1. The molecule has 1 aromatic heterocycles. The normalized spacial score (nSPS) is 10.6. The summed E-state index contributed by atoms with van der Waals surface area (Å²) in [7, 11) is 3.05. The molecule has 3 aromatic carbocycles. The SMILES string of the molecule is C=CCn1c(CNC(=O)c2ccc(OC)c(OC)c2)nnc1SCC(=O)Nc1cccc2ccccc12. The minimum atomic E-state index is -0.294. The van der Waals surface area contributed by atoms with Gasteiger partial charge in [0.2, 0.25) is 5.91 Å². The van der Waals surface area contributed by atoms with Crippen LogP contribution in [0.15, 0.2) is 78.5 Å². The van der Waals surface area contributed by atoms with Crippen molar-refractivity contribution in [2.24, 2.45) is 0 Å². The number of carbonyl (C=O) groups excluding carboxylic acids is 2. The Kier molecular flexibility index (Phi) is 8.42. The highest BCUT2D eigenvalue weighted by atomic mass is 32.2. The molecule has 0 unspecified atom stereocenters. The lowest BCUT2D eigenvalue weighted by Gasteiger charge is -2.11. The number of thioether (sulfide) groups is 1. The number of anilines is 1. The maximum Gasteiger partial charge on any atom is 0.251 e. The quantitative estimate of drug-likeness (QED) is 0.226. The summed E-state index contributed by atoms with van der Waals surface area (Å²) in [4.78, 5) is 25.4. The fourth-order valence-electron chi connectivity index (χ4n) is 3.76. The van der Waals surface area contributed by atoms with E-state index in [0.29, 0.717) is 34.6 Å². The molecule has 1 heterocycles. The summed E-state index contributed by atoms with van der Waals surface area (Å²) in [6.07, 6.45) is 1.71. The first-order valence-corrected chi connectivity index (χ1v) is 12.5. The molecule has 0 aliphatic carbocycles. The second kappa shape index (κ2) is 12.1. The van der Waals surface area contributed by atoms with Gasteiger partial charge in [-0.15, -0.1) is 16.8 Å². The maximum absolute atomic E-state index is 12.7. The molecule has 0 spiro atoms. The van der Waals surface area contributed by atoms with Crippen molar-refractivity contribution < 1.29 is 19.1 Å². The minimum absolute atomic E-state index is 0.149. The number of aromatic nitrogens is 3. The van der Waals surface area contributed by atoms with Crippen LogP contribution in [0.1, 0.15) is 16.2 Å². The molecule has 2 amide bonds. The van der Waals surface area contributed by atoms with Crippen molar-refractivity contribution in [3.63, 3.8) is 0 Å². The Labute approximate surface area is 218 Å². The number of allylic oxidation sites excluding steroid dienone is 1. The molecule has 0 aliphatic rings. The first-order valence-electron chi connectivity index (χ1n) is 11.5. The van der Waals surface area contributed by atoms with Crippen LogP contribution in [0.2, 0.25) is 0 Å². The van der Waals surface area contributed by atoms with Gasteiger partial charge in [-0.1, -0.05) is 54.2 Å². The minimum Gasteiger partial charge on any atom is -0.493 e. The number of amides is 2. The fourth-order valence-corrected chi connectivity index (χ4v) is 4.53. The summed E-state index contributed by atoms with van der Waals surface area (Å²) in [6.45, 7) is 4.38. The summed E-state index contributed by atoms with van der Waals surface area (Å²) >= 11 is 1.27. The van der Waals surface area contributed by atoms with Crippen LogP contribution in [-0.4, -0.2) is 46.6 Å². The molecule has 0 atom stereocenters. The highest BCUT2D eigenvalue weighted by Gasteiger charge is 2.16. The molecular weight excluding hydrogens is 490 g/mol. The highest BCUT2D eigenvalue weighted by Crippen LogP contribution is 2.28. The number of ether oxygens (including phenoxy) is 2. The average molecular weight is 518 g/mol. The molecule has 4 rings (SSSR count). The zero-order valence-electron chi connectivity index (χ0n) is 20.6. The van der Waals surface area contributed by atoms with Crippen LogP contribution in [0.4, 0.5) is 5.69 Å². The van der Waals surface area contributed by atoms with E-state index in [1.807, 2.05) is 47.0 Å². The third-order valence-electron chi connectivity index (χ3n) is 5.55. The Morgan fingerprint density at radius 3 is 2.59 bits per heavy atom. The van der Waals surface area contributed by atoms with Crippen molar-refractivity contribution in [3.05, 3.63) is 84.7 Å². The van der Waals surface area contributed by atoms with E-state index in [1.54, 1.807) is 24.3 Å². The lowest BCUT2D eigenvalue weighted by Crippen LogP contribution is -2.25. The number of methoxy groups -OCH3 is 2. The molecule has 0 saturated carbocycles. The van der Waals surface area contributed by atoms with E-state index in [9.17, 15) is 9.59 Å². The van der Waals surface area contributed by atoms with Crippen LogP contribution in [0.5, 0.6) is 11.5 Å². The molecule has 0 fully saturated rings. The average Bonchev–Trinajstić information content (AvgIpc) is 3.31. The van der Waals surface area contributed by atoms with Crippen LogP contribution in [0, 0.1) is 0 Å². The zero-order chi connectivity index (χ0) is 26.2. The smallest absolute Gasteiger partial charge is 0.251 e. The van der Waals surface area contributed by atoms with Crippen molar-refractivity contribution >= 4 is 40.0 Å². The van der Waals surface area contributed by atoms with Crippen molar-refractivity contribution in [1.29, 1.82) is 0 Å². The molecule has 190 valence electrons. The summed E-state index contributed by atoms with van der Waals surface area (Å²) in [5.41, 5.74) is 1.18. The number of hydrogen-bond donors (Lipinski definition) is 2. The number of nitrogens with zero attached hydrogens (tertiary/aromatic N) is 3. The second-order valence-corrected chi connectivity index (χ2v) is 8.86. The Hall–Kier alpha value is -4.31. The van der Waals surface area contributed by atoms with Gasteiger partial charge in [0.25, 0.3) is 5.91 Å². The molecule has 4 aromatic rings. The monoisotopic (exact) mass is 517 g/mol. The van der Waals surface area contributed by atoms with E-state index in [0.717, 1.165) is 16.5 Å². The van der Waals surface area contributed by atoms with Gasteiger partial charge in [0.1, 0.15) is 0 Å². The third kappa shape index (κ3) is 6.10. The van der Waals surface area contributed by atoms with Crippen molar-refractivity contribution in [2.75, 3.05) is 25.3 Å². The number of fused-ring (bicyclic) bond motifs is 1. The van der Waals surface area contributed by atoms with Crippen LogP contribution >= 0.6 is 11.8 Å². The Morgan fingerprint density at radius 1 is 1.03 bits per heavy atom. The van der Waals surface area contributed by atoms with Gasteiger partial charge in [-0.05, 0) is 29.7 Å². The Morgan fingerprint density at radius 2 is 1.81 bits per heavy atom. The van der Waals surface area contributed by atoms with Crippen molar-refractivity contribution in [2.45, 2.75) is 18.2 Å². The van der Waals surface area contributed by atoms with Gasteiger partial charge in [0, 0.05) is 23.2 Å². The van der Waals surface area contributed by atoms with E-state index in [-0.39, 0.29) is 24.1 Å². The molecule has 37 heavy (non-hydrogen) atoms. The van der Waals surface area contributed by atoms with Crippen molar-refractivity contribution in [1.82, 2.24) is 20.1 Å². The van der Waals surface area contributed by atoms with E-state index < -0.39 is 0 Å². The van der Waals surface area contributed by atoms with Gasteiger partial charge in [-0.25, -0.2) is 0 Å². The zero-order valence-corrected chi connectivity index (χ0v) is 21.4. The molecule has 0 bridgehead atoms. The third-order valence-corrected chi connectivity index (χ3v) is 6.52. The summed E-state index contributed by atoms with van der Waals surface area (Å²) < 4.78 is 12.3. The number of rotatable bonds is 11. The molecule has 0 aliphatic heterocycles. The van der Waals surface area contributed by atoms with Gasteiger partial charge >= 0.3 is 0 Å². The molecule has 0 saturated heterocycles. The van der Waals surface area contributed by atoms with Gasteiger partial charge < -0.3 is 24.7 Å². The standard InChI is InChI=1S/C27H27N5O4S/c1-4-14-32-24(16-28-26(34)19-12-13-22(35-2)23(15-19)36-3)30-31-27(32)37-17-25(33)29-21-11-7-9-18-8-5-6-10-20(18)21/h4-13,15H,1,14,16-17H2,2-3H3,(H,28,34)(H,29,33). The predicted molar refractivity (Wildman–Crippen MR) is 144 cm³/mol. The topological polar surface area (TPSA) is 107 Å². The largest absolute Gasteiger partial charge is 0.493 e. The van der Waals surface area contributed by atoms with Crippen LogP contribution in [-0.2, 0) is 17.9 Å². The van der Waals surface area contributed by atoms with Crippen molar-refractivity contribution in [3.8, 4) is 11.5 Å². The number of carbonyl (C=O) groups is 2. The predicted octanol–water partition coefficient (Wildman–Crippen LogP) is 4.30. The van der Waals surface area contributed by atoms with Gasteiger partial charge in [0.15, 0.2) is 22.5 Å². The second-order valence-electron chi connectivity index (χ2n) is 7.91. The number of nitrogens with one attached hydrogen (secondary N) is 2. The molecule has 10 heteroatoms. The molecule has 9 nitrogen and oxygen atoms in total. The van der Waals surface area contributed by atoms with E-state index in [1.165, 1.54) is 26.0 Å². The van der Waals surface area contributed by atoms with E-state index in [4.69, 9.17) is 9.47 Å². The summed E-state index contributed by atoms with van der Waals surface area (Å²) in [6, 6.07) is 18.6. The number of benzene rings is 3. The molecule has 2 N–H and O–H groups in total. The van der Waals surface area contributed by atoms with Crippen LogP contribution in [0.25, 0.3) is 10.8 Å². The fraction of sp³-hybridized carbons (Fsp3) is 0.185. The van der Waals surface area contributed by atoms with E-state index in [2.05, 4.69) is 27.4 Å². The first-order chi connectivity index (χ1) is 18.0. The highest BCUT2D eigenvalue weighted by molar-refractivity contribution is 7.99. The number of hydrogen-bond acceptors (Lipinski definition) is 7. The lowest BCUT2D eigenvalue weighted by molar-refractivity contribution is -0.113. The molecule has 0 radical (unpaired) electrons. The summed E-state index contributed by atoms with van der Waals surface area (Å²) in [5.74, 6) is 1.25. The first kappa shape index (κ1) is 25.8. The molecular formula is C27H27N5O4S. The van der Waals surface area contributed by atoms with Gasteiger partial charge in [-0.3, -0.25) is 9.59 Å². The van der Waals surface area contributed by atoms with E-state index >= 15 is 0 Å². The van der Waals surface area contributed by atoms with Gasteiger partial charge in [-0.2, -0.15) is 0 Å². The van der Waals surface area contributed by atoms with Crippen LogP contribution in [0.3, 0.4) is 0 Å². The Balaban J connectivity index is 1.39. The van der Waals surface area contributed by atoms with Crippen LogP contribution < -0.4 is 20.1 Å². The maximum atomic E-state index is 12.7. The Bertz CT molecular complexity index is 1430. The summed E-state index contributed by atoms with van der Waals surface area (Å²) in [5, 5.41) is 16.9.